The Morgan fingerprint density at radius 1 is 1.40 bits per heavy atom. The van der Waals surface area contributed by atoms with E-state index in [0.29, 0.717) is 5.16 Å². The van der Waals surface area contributed by atoms with Crippen molar-refractivity contribution in [3.63, 3.8) is 0 Å². The minimum atomic E-state index is 0.481. The van der Waals surface area contributed by atoms with Crippen molar-refractivity contribution in [2.45, 2.75) is 12.8 Å². The van der Waals surface area contributed by atoms with E-state index in [1.54, 1.807) is 23.9 Å². The fourth-order valence-corrected chi connectivity index (χ4v) is 3.17. The molecular formula is C16H17ClN2S. The van der Waals surface area contributed by atoms with Crippen molar-refractivity contribution in [2.75, 3.05) is 12.4 Å². The summed E-state index contributed by atoms with van der Waals surface area (Å²) in [6.45, 7) is 3.62. The lowest BCUT2D eigenvalue weighted by Crippen LogP contribution is -1.99. The van der Waals surface area contributed by atoms with E-state index >= 15 is 0 Å². The molecule has 0 aliphatic carbocycles. The Morgan fingerprint density at radius 2 is 2.15 bits per heavy atom. The number of thioether (sulfide) groups is 1. The van der Waals surface area contributed by atoms with E-state index in [4.69, 9.17) is 11.6 Å². The van der Waals surface area contributed by atoms with Gasteiger partial charge in [0.1, 0.15) is 5.16 Å². The zero-order chi connectivity index (χ0) is 14.4. The van der Waals surface area contributed by atoms with Gasteiger partial charge >= 0.3 is 0 Å². The van der Waals surface area contributed by atoms with Crippen LogP contribution in [-0.4, -0.2) is 12.1 Å². The number of nitrogens with zero attached hydrogens (tertiary/aromatic N) is 1. The summed E-state index contributed by atoms with van der Waals surface area (Å²) in [4.78, 5) is 5.65. The van der Waals surface area contributed by atoms with Crippen LogP contribution in [0.2, 0.25) is 0 Å². The number of halogens is 1. The Hall–Kier alpha value is -1.45. The quantitative estimate of drug-likeness (QED) is 0.606. The lowest BCUT2D eigenvalue weighted by molar-refractivity contribution is 1.11. The summed E-state index contributed by atoms with van der Waals surface area (Å²) < 4.78 is 0. The Morgan fingerprint density at radius 3 is 2.80 bits per heavy atom. The summed E-state index contributed by atoms with van der Waals surface area (Å²) >= 11 is 7.69. The van der Waals surface area contributed by atoms with Crippen LogP contribution in [0.3, 0.4) is 0 Å². The van der Waals surface area contributed by atoms with Crippen LogP contribution in [0.4, 0.5) is 5.69 Å². The molecule has 0 saturated carbocycles. The number of benzene rings is 1. The molecule has 0 amide bonds. The molecule has 0 saturated heterocycles. The van der Waals surface area contributed by atoms with Gasteiger partial charge in [0.2, 0.25) is 0 Å². The number of nitrogens with one attached hydrogen (secondary N) is 1. The first-order valence-corrected chi connectivity index (χ1v) is 7.64. The van der Waals surface area contributed by atoms with Gasteiger partial charge in [0.25, 0.3) is 0 Å². The third kappa shape index (κ3) is 4.02. The normalized spacial score (nSPS) is 17.8. The van der Waals surface area contributed by atoms with Crippen molar-refractivity contribution in [1.29, 1.82) is 0 Å². The van der Waals surface area contributed by atoms with E-state index in [-0.39, 0.29) is 0 Å². The van der Waals surface area contributed by atoms with Gasteiger partial charge < -0.3 is 5.32 Å². The fraction of sp³-hybridized carbons (Fsp3) is 0.188. The molecule has 2 rings (SSSR count). The highest BCUT2D eigenvalue weighted by molar-refractivity contribution is 8.21. The van der Waals surface area contributed by atoms with Crippen molar-refractivity contribution >= 4 is 39.0 Å². The Balaban J connectivity index is 2.15. The summed E-state index contributed by atoms with van der Waals surface area (Å²) in [5.74, 6) is 0. The molecule has 104 valence electrons. The molecule has 1 aromatic carbocycles. The van der Waals surface area contributed by atoms with E-state index < -0.39 is 0 Å². The second-order valence-electron chi connectivity index (χ2n) is 4.27. The van der Waals surface area contributed by atoms with E-state index in [2.05, 4.69) is 47.2 Å². The first kappa shape index (κ1) is 14.9. The lowest BCUT2D eigenvalue weighted by atomic mass is 10.1. The molecule has 0 bridgehead atoms. The van der Waals surface area contributed by atoms with Gasteiger partial charge in [0.05, 0.1) is 5.04 Å². The largest absolute Gasteiger partial charge is 0.388 e. The molecule has 20 heavy (non-hydrogen) atoms. The minimum Gasteiger partial charge on any atom is -0.388 e. The molecule has 1 aliphatic heterocycles. The van der Waals surface area contributed by atoms with Crippen LogP contribution in [0.1, 0.15) is 18.4 Å². The van der Waals surface area contributed by atoms with Crippen LogP contribution in [0.25, 0.3) is 4.91 Å². The Kier molecular flexibility index (Phi) is 5.50. The third-order valence-corrected chi connectivity index (χ3v) is 4.22. The van der Waals surface area contributed by atoms with Crippen LogP contribution in [0.5, 0.6) is 0 Å². The van der Waals surface area contributed by atoms with Crippen molar-refractivity contribution in [3.8, 4) is 0 Å². The molecule has 0 atom stereocenters. The predicted molar refractivity (Wildman–Crippen MR) is 92.4 cm³/mol. The van der Waals surface area contributed by atoms with E-state index in [0.717, 1.165) is 23.6 Å². The fourth-order valence-electron chi connectivity index (χ4n) is 1.86. The molecule has 1 aliphatic rings. The van der Waals surface area contributed by atoms with Crippen molar-refractivity contribution in [2.24, 2.45) is 4.99 Å². The van der Waals surface area contributed by atoms with Crippen LogP contribution in [0.15, 0.2) is 59.2 Å². The maximum absolute atomic E-state index is 6.01. The zero-order valence-corrected chi connectivity index (χ0v) is 13.0. The van der Waals surface area contributed by atoms with Crippen LogP contribution in [0, 0.1) is 0 Å². The molecule has 4 heteroatoms. The summed E-state index contributed by atoms with van der Waals surface area (Å²) in [7, 11) is 1.92. The maximum atomic E-state index is 6.01. The highest BCUT2D eigenvalue weighted by Crippen LogP contribution is 2.35. The summed E-state index contributed by atoms with van der Waals surface area (Å²) in [5.41, 5.74) is 2.33. The minimum absolute atomic E-state index is 0.481. The molecule has 1 heterocycles. The molecule has 0 fully saturated rings. The summed E-state index contributed by atoms with van der Waals surface area (Å²) in [5, 5.41) is 4.65. The topological polar surface area (TPSA) is 24.4 Å². The Bertz CT molecular complexity index is 571. The number of aliphatic imine (C=N–C) groups is 1. The van der Waals surface area contributed by atoms with Crippen molar-refractivity contribution < 1.29 is 0 Å². The third-order valence-electron chi connectivity index (χ3n) is 2.86. The number of rotatable bonds is 4. The first-order valence-electron chi connectivity index (χ1n) is 6.45. The van der Waals surface area contributed by atoms with Gasteiger partial charge in [-0.05, 0) is 36.6 Å². The molecule has 0 radical (unpaired) electrons. The Labute approximate surface area is 129 Å². The van der Waals surface area contributed by atoms with E-state index in [1.165, 1.54) is 10.5 Å². The van der Waals surface area contributed by atoms with E-state index in [9.17, 15) is 0 Å². The molecular weight excluding hydrogens is 288 g/mol. The molecule has 1 aromatic rings. The number of hydrogen-bond acceptors (Lipinski definition) is 3. The standard InChI is InChI=1S/C16H17ClN2S/c1-3-5-15(17)19-16-7-4-6-14(20-16)12-8-10-13(18-2)11-9-12/h3,5-6,8-11,18H,1,4,7H2,2H3/b15-5-,19-16+. The van der Waals surface area contributed by atoms with Crippen LogP contribution < -0.4 is 5.32 Å². The number of anilines is 1. The van der Waals surface area contributed by atoms with Gasteiger partial charge in [-0.3, -0.25) is 0 Å². The van der Waals surface area contributed by atoms with Gasteiger partial charge in [-0.15, -0.1) is 0 Å². The van der Waals surface area contributed by atoms with Crippen LogP contribution in [-0.2, 0) is 0 Å². The molecule has 0 unspecified atom stereocenters. The smallest absolute Gasteiger partial charge is 0.129 e. The molecule has 1 N–H and O–H groups in total. The average Bonchev–Trinajstić information content (AvgIpc) is 2.48. The van der Waals surface area contributed by atoms with Gasteiger partial charge in [-0.1, -0.05) is 54.2 Å². The van der Waals surface area contributed by atoms with E-state index in [1.807, 2.05) is 7.05 Å². The molecule has 0 aromatic heterocycles. The molecule has 0 spiro atoms. The maximum Gasteiger partial charge on any atom is 0.129 e. The number of hydrogen-bond donors (Lipinski definition) is 1. The lowest BCUT2D eigenvalue weighted by Gasteiger charge is -2.15. The highest BCUT2D eigenvalue weighted by Gasteiger charge is 2.13. The average molecular weight is 305 g/mol. The van der Waals surface area contributed by atoms with Gasteiger partial charge in [-0.25, -0.2) is 4.99 Å². The van der Waals surface area contributed by atoms with Crippen molar-refractivity contribution in [1.82, 2.24) is 0 Å². The van der Waals surface area contributed by atoms with Crippen molar-refractivity contribution in [3.05, 3.63) is 59.8 Å². The predicted octanol–water partition coefficient (Wildman–Crippen LogP) is 5.26. The second-order valence-corrected chi connectivity index (χ2v) is 5.77. The van der Waals surface area contributed by atoms with Gasteiger partial charge in [0, 0.05) is 17.6 Å². The van der Waals surface area contributed by atoms with Crippen LogP contribution >= 0.6 is 23.4 Å². The molecule has 2 nitrogen and oxygen atoms in total. The summed E-state index contributed by atoms with van der Waals surface area (Å²) in [6, 6.07) is 8.39. The zero-order valence-electron chi connectivity index (χ0n) is 11.4. The second kappa shape index (κ2) is 7.36. The number of allylic oxidation sites excluding steroid dienone is 3. The summed E-state index contributed by atoms with van der Waals surface area (Å²) in [6.07, 6.45) is 7.53. The SMILES string of the molecule is C=C/C=C(Cl)\N=C1/CCC=C(c2ccc(NC)cc2)S1. The highest BCUT2D eigenvalue weighted by atomic mass is 35.5. The van der Waals surface area contributed by atoms with Gasteiger partial charge in [-0.2, -0.15) is 0 Å². The first-order chi connectivity index (χ1) is 9.72. The monoisotopic (exact) mass is 304 g/mol. The van der Waals surface area contributed by atoms with Gasteiger partial charge in [0.15, 0.2) is 0 Å².